The van der Waals surface area contributed by atoms with Gasteiger partial charge in [-0.1, -0.05) is 13.0 Å². The average molecular weight is 437 g/mol. The molecule has 5 rings (SSSR count). The molecule has 1 aliphatic carbocycles. The number of carbonyl (C=O) groups is 2. The van der Waals surface area contributed by atoms with E-state index in [0.29, 0.717) is 18.8 Å². The summed E-state index contributed by atoms with van der Waals surface area (Å²) in [5, 5.41) is 5.32. The lowest BCUT2D eigenvalue weighted by atomic mass is 9.86. The molecule has 1 saturated carbocycles. The lowest BCUT2D eigenvalue weighted by molar-refractivity contribution is -0.134. The summed E-state index contributed by atoms with van der Waals surface area (Å²) in [5.74, 6) is 0.532. The normalized spacial score (nSPS) is 26.1. The highest BCUT2D eigenvalue weighted by Crippen LogP contribution is 2.35. The molecule has 2 aliphatic rings. The zero-order chi connectivity index (χ0) is 21.6. The summed E-state index contributed by atoms with van der Waals surface area (Å²) in [7, 11) is 0. The monoisotopic (exact) mass is 436 g/mol. The molecule has 1 N–H and O–H groups in total. The molecule has 1 fully saturated rings. The van der Waals surface area contributed by atoms with E-state index in [0.717, 1.165) is 47.5 Å². The Labute approximate surface area is 186 Å². The molecule has 3 aromatic rings. The number of rotatable bonds is 4. The number of carbonyl (C=O) groups excluding carboxylic acids is 2. The fraction of sp³-hybridized carbons (Fsp3) is 0.458. The number of nitrogens with one attached hydrogen (secondary N) is 1. The van der Waals surface area contributed by atoms with Crippen molar-refractivity contribution in [3.63, 3.8) is 0 Å². The molecular formula is C24H28N4O2S. The van der Waals surface area contributed by atoms with Gasteiger partial charge in [-0.25, -0.2) is 0 Å². The van der Waals surface area contributed by atoms with E-state index in [1.54, 1.807) is 22.4 Å². The van der Waals surface area contributed by atoms with E-state index in [1.165, 1.54) is 0 Å². The van der Waals surface area contributed by atoms with Gasteiger partial charge in [0.25, 0.3) is 5.91 Å². The predicted octanol–water partition coefficient (Wildman–Crippen LogP) is 4.21. The van der Waals surface area contributed by atoms with Crippen molar-refractivity contribution >= 4 is 33.4 Å². The van der Waals surface area contributed by atoms with E-state index in [-0.39, 0.29) is 17.9 Å². The minimum atomic E-state index is -0.988. The molecule has 1 aliphatic heterocycles. The Kier molecular flexibility index (Phi) is 5.08. The van der Waals surface area contributed by atoms with Crippen molar-refractivity contribution in [3.8, 4) is 0 Å². The molecule has 0 radical (unpaired) electrons. The lowest BCUT2D eigenvalue weighted by Crippen LogP contribution is -2.64. The van der Waals surface area contributed by atoms with E-state index >= 15 is 0 Å². The molecule has 0 bridgehead atoms. The van der Waals surface area contributed by atoms with E-state index in [2.05, 4.69) is 17.2 Å². The van der Waals surface area contributed by atoms with Crippen molar-refractivity contribution in [3.05, 3.63) is 53.3 Å². The van der Waals surface area contributed by atoms with Gasteiger partial charge in [-0.3, -0.25) is 14.6 Å². The largest absolute Gasteiger partial charge is 0.351 e. The van der Waals surface area contributed by atoms with Gasteiger partial charge in [0, 0.05) is 12.2 Å². The molecule has 31 heavy (non-hydrogen) atoms. The second-order valence-electron chi connectivity index (χ2n) is 9.20. The van der Waals surface area contributed by atoms with Crippen LogP contribution in [0.3, 0.4) is 0 Å². The first-order valence-corrected chi connectivity index (χ1v) is 11.9. The number of pyridine rings is 1. The van der Waals surface area contributed by atoms with Gasteiger partial charge < -0.3 is 14.8 Å². The Morgan fingerprint density at radius 3 is 2.81 bits per heavy atom. The van der Waals surface area contributed by atoms with Crippen molar-refractivity contribution in [2.24, 2.45) is 5.92 Å². The van der Waals surface area contributed by atoms with Crippen LogP contribution in [-0.4, -0.2) is 37.8 Å². The van der Waals surface area contributed by atoms with Crippen LogP contribution in [0.1, 0.15) is 55.7 Å². The Hall–Kier alpha value is -2.67. The predicted molar refractivity (Wildman–Crippen MR) is 122 cm³/mol. The Morgan fingerprint density at radius 1 is 1.26 bits per heavy atom. The van der Waals surface area contributed by atoms with E-state index in [9.17, 15) is 9.59 Å². The highest BCUT2D eigenvalue weighted by molar-refractivity contribution is 7.17. The maximum Gasteiger partial charge on any atom is 0.271 e. The molecule has 6 nitrogen and oxygen atoms in total. The Balaban J connectivity index is 1.50. The quantitative estimate of drug-likeness (QED) is 0.666. The summed E-state index contributed by atoms with van der Waals surface area (Å²) in [6, 6.07) is 9.84. The zero-order valence-corrected chi connectivity index (χ0v) is 18.8. The van der Waals surface area contributed by atoms with Crippen LogP contribution in [0, 0.1) is 5.92 Å². The van der Waals surface area contributed by atoms with Crippen molar-refractivity contribution in [1.82, 2.24) is 19.8 Å². The second-order valence-corrected chi connectivity index (χ2v) is 10.1. The summed E-state index contributed by atoms with van der Waals surface area (Å²) in [6.45, 7) is 4.92. The first-order chi connectivity index (χ1) is 15.0. The van der Waals surface area contributed by atoms with Gasteiger partial charge in [0.1, 0.15) is 11.2 Å². The van der Waals surface area contributed by atoms with Crippen LogP contribution >= 0.6 is 11.3 Å². The van der Waals surface area contributed by atoms with E-state index in [1.807, 2.05) is 47.2 Å². The fourth-order valence-electron chi connectivity index (χ4n) is 4.92. The summed E-state index contributed by atoms with van der Waals surface area (Å²) in [4.78, 5) is 33.5. The number of amides is 2. The van der Waals surface area contributed by atoms with Crippen LogP contribution in [0.15, 0.2) is 41.9 Å². The molecule has 1 atom stereocenters. The van der Waals surface area contributed by atoms with Crippen LogP contribution in [0.5, 0.6) is 0 Å². The molecule has 0 aromatic carbocycles. The summed E-state index contributed by atoms with van der Waals surface area (Å²) in [6.07, 6.45) is 6.00. The van der Waals surface area contributed by atoms with Crippen LogP contribution in [0.4, 0.5) is 0 Å². The van der Waals surface area contributed by atoms with Gasteiger partial charge in [-0.05, 0) is 68.2 Å². The van der Waals surface area contributed by atoms with Gasteiger partial charge in [-0.15, -0.1) is 11.3 Å². The number of hydrogen-bond donors (Lipinski definition) is 1. The Bertz CT molecular complexity index is 1110. The molecule has 4 heterocycles. The maximum absolute atomic E-state index is 13.7. The summed E-state index contributed by atoms with van der Waals surface area (Å²) >= 11 is 1.62. The van der Waals surface area contributed by atoms with Gasteiger partial charge in [0.15, 0.2) is 0 Å². The summed E-state index contributed by atoms with van der Waals surface area (Å²) < 4.78 is 3.10. The topological polar surface area (TPSA) is 67.2 Å². The van der Waals surface area contributed by atoms with Crippen molar-refractivity contribution < 1.29 is 9.59 Å². The number of nitrogens with zero attached hydrogens (tertiary/aromatic N) is 3. The van der Waals surface area contributed by atoms with Gasteiger partial charge >= 0.3 is 0 Å². The molecule has 2 amide bonds. The molecule has 162 valence electrons. The number of hydrogen-bond acceptors (Lipinski definition) is 4. The number of fused-ring (bicyclic) bond motifs is 3. The first kappa shape index (κ1) is 20.2. The van der Waals surface area contributed by atoms with Crippen LogP contribution in [-0.2, 0) is 17.9 Å². The van der Waals surface area contributed by atoms with E-state index < -0.39 is 5.54 Å². The lowest BCUT2D eigenvalue weighted by Gasteiger charge is -2.44. The molecule has 0 saturated heterocycles. The smallest absolute Gasteiger partial charge is 0.271 e. The fourth-order valence-corrected chi connectivity index (χ4v) is 5.74. The molecule has 7 heteroatoms. The van der Waals surface area contributed by atoms with Crippen molar-refractivity contribution in [2.75, 3.05) is 0 Å². The molecule has 0 spiro atoms. The standard InChI is InChI=1S/C24H28N4O2S/c1-16-6-8-17(9-7-16)26-23(30)24(2)15-27-19-10-12-31-21(19)13-20(27)22(29)28(24)14-18-5-3-4-11-25-18/h3-5,10-13,16-17H,6-9,14-15H2,1-2H3,(H,26,30). The van der Waals surface area contributed by atoms with Crippen LogP contribution < -0.4 is 5.32 Å². The third-order valence-electron chi connectivity index (χ3n) is 6.94. The van der Waals surface area contributed by atoms with Crippen LogP contribution in [0.2, 0.25) is 0 Å². The maximum atomic E-state index is 13.7. The zero-order valence-electron chi connectivity index (χ0n) is 18.0. The Morgan fingerprint density at radius 2 is 2.06 bits per heavy atom. The summed E-state index contributed by atoms with van der Waals surface area (Å²) in [5.41, 5.74) is 1.47. The SMILES string of the molecule is CC1CCC(NC(=O)C2(C)Cn3c(cc4sccc43)C(=O)N2Cc2ccccn2)CC1. The van der Waals surface area contributed by atoms with Gasteiger partial charge in [-0.2, -0.15) is 0 Å². The highest BCUT2D eigenvalue weighted by Gasteiger charge is 2.48. The molecule has 3 aromatic heterocycles. The van der Waals surface area contributed by atoms with Crippen molar-refractivity contribution in [2.45, 2.75) is 64.2 Å². The van der Waals surface area contributed by atoms with Crippen molar-refractivity contribution in [1.29, 1.82) is 0 Å². The number of thiophene rings is 1. The average Bonchev–Trinajstić information content (AvgIpc) is 3.36. The highest BCUT2D eigenvalue weighted by atomic mass is 32.1. The van der Waals surface area contributed by atoms with Gasteiger partial charge in [0.2, 0.25) is 5.91 Å². The minimum absolute atomic E-state index is 0.0703. The second kappa shape index (κ2) is 7.79. The van der Waals surface area contributed by atoms with E-state index in [4.69, 9.17) is 0 Å². The third kappa shape index (κ3) is 3.55. The molecule has 1 unspecified atom stereocenters. The van der Waals surface area contributed by atoms with Gasteiger partial charge in [0.05, 0.1) is 29.0 Å². The van der Waals surface area contributed by atoms with Crippen LogP contribution in [0.25, 0.3) is 10.2 Å². The number of aromatic nitrogens is 2. The third-order valence-corrected chi connectivity index (χ3v) is 7.79. The molecular weight excluding hydrogens is 408 g/mol. The minimum Gasteiger partial charge on any atom is -0.351 e. The first-order valence-electron chi connectivity index (χ1n) is 11.1.